The molecule has 1 heterocycles. The van der Waals surface area contributed by atoms with E-state index in [4.69, 9.17) is 0 Å². The molecule has 29 heavy (non-hydrogen) atoms. The van der Waals surface area contributed by atoms with Crippen LogP contribution in [0.25, 0.3) is 0 Å². The molecule has 0 radical (unpaired) electrons. The van der Waals surface area contributed by atoms with Crippen LogP contribution in [0.4, 0.5) is 8.78 Å². The number of amides is 3. The third-order valence-corrected chi connectivity index (χ3v) is 4.65. The molecule has 2 aromatic carbocycles. The Morgan fingerprint density at radius 3 is 2.10 bits per heavy atom. The van der Waals surface area contributed by atoms with Gasteiger partial charge < -0.3 is 10.1 Å². The van der Waals surface area contributed by atoms with Gasteiger partial charge in [-0.3, -0.25) is 19.3 Å². The number of imide groups is 1. The van der Waals surface area contributed by atoms with Gasteiger partial charge in [0.15, 0.2) is 0 Å². The van der Waals surface area contributed by atoms with Crippen LogP contribution in [0.3, 0.4) is 0 Å². The van der Waals surface area contributed by atoms with Crippen LogP contribution >= 0.6 is 0 Å². The van der Waals surface area contributed by atoms with Gasteiger partial charge in [0.2, 0.25) is 5.91 Å². The fourth-order valence-corrected chi connectivity index (χ4v) is 3.33. The predicted octanol–water partition coefficient (Wildman–Crippen LogP) is 3.23. The Hall–Kier alpha value is -3.29. The summed E-state index contributed by atoms with van der Waals surface area (Å²) in [6, 6.07) is 11.4. The van der Waals surface area contributed by atoms with Crippen LogP contribution in [0.15, 0.2) is 48.5 Å². The molecule has 2 aromatic rings. The van der Waals surface area contributed by atoms with Gasteiger partial charge in [0.25, 0.3) is 11.8 Å². The van der Waals surface area contributed by atoms with Crippen molar-refractivity contribution in [1.29, 1.82) is 0 Å². The van der Waals surface area contributed by atoms with E-state index in [-0.39, 0.29) is 29.3 Å². The van der Waals surface area contributed by atoms with Gasteiger partial charge in [0, 0.05) is 12.1 Å². The number of ether oxygens (including phenoxy) is 1. The second-order valence-electron chi connectivity index (χ2n) is 6.92. The first-order valence-electron chi connectivity index (χ1n) is 9.08. The maximum atomic E-state index is 12.9. The van der Waals surface area contributed by atoms with E-state index in [0.29, 0.717) is 5.56 Å². The van der Waals surface area contributed by atoms with Crippen molar-refractivity contribution in [2.24, 2.45) is 5.92 Å². The van der Waals surface area contributed by atoms with Gasteiger partial charge in [-0.2, -0.15) is 8.78 Å². The van der Waals surface area contributed by atoms with Crippen LogP contribution in [-0.4, -0.2) is 35.3 Å². The number of para-hydroxylation sites is 1. The van der Waals surface area contributed by atoms with Crippen LogP contribution < -0.4 is 10.1 Å². The molecule has 3 amide bonds. The van der Waals surface area contributed by atoms with Crippen molar-refractivity contribution in [2.45, 2.75) is 33.0 Å². The topological polar surface area (TPSA) is 75.7 Å². The second kappa shape index (κ2) is 8.38. The standard InChI is InChI=1S/C21H20F2N2O4/c1-12(2)17(25-19(27)14-8-4-5-9-15(14)20(25)28)18(26)24-11-13-7-3-6-10-16(13)29-21(22)23/h3-10,12,17,21H,11H2,1-2H3,(H,24,26). The number of carbonyl (C=O) groups excluding carboxylic acids is 3. The first-order valence-corrected chi connectivity index (χ1v) is 9.08. The molecular formula is C21H20F2N2O4. The summed E-state index contributed by atoms with van der Waals surface area (Å²) in [5.41, 5.74) is 0.865. The fraction of sp³-hybridized carbons (Fsp3) is 0.286. The zero-order chi connectivity index (χ0) is 21.1. The molecule has 0 saturated heterocycles. The van der Waals surface area contributed by atoms with E-state index in [9.17, 15) is 23.2 Å². The molecule has 1 N–H and O–H groups in total. The molecule has 1 atom stereocenters. The van der Waals surface area contributed by atoms with Crippen molar-refractivity contribution in [3.63, 3.8) is 0 Å². The first-order chi connectivity index (χ1) is 13.8. The highest BCUT2D eigenvalue weighted by molar-refractivity contribution is 6.22. The number of fused-ring (bicyclic) bond motifs is 1. The van der Waals surface area contributed by atoms with Crippen molar-refractivity contribution in [3.05, 3.63) is 65.2 Å². The summed E-state index contributed by atoms with van der Waals surface area (Å²) in [7, 11) is 0. The van der Waals surface area contributed by atoms with Gasteiger partial charge in [-0.1, -0.05) is 44.2 Å². The SMILES string of the molecule is CC(C)C(C(=O)NCc1ccccc1OC(F)F)N1C(=O)c2ccccc2C1=O. The Balaban J connectivity index is 1.79. The van der Waals surface area contributed by atoms with Crippen LogP contribution in [0, 0.1) is 5.92 Å². The minimum Gasteiger partial charge on any atom is -0.434 e. The molecular weight excluding hydrogens is 382 g/mol. The van der Waals surface area contributed by atoms with E-state index in [1.54, 1.807) is 56.3 Å². The normalized spacial score (nSPS) is 14.3. The Bertz CT molecular complexity index is 911. The number of halogens is 2. The van der Waals surface area contributed by atoms with Crippen LogP contribution in [0.5, 0.6) is 5.75 Å². The third-order valence-electron chi connectivity index (χ3n) is 4.65. The van der Waals surface area contributed by atoms with E-state index in [0.717, 1.165) is 4.90 Å². The molecule has 3 rings (SSSR count). The van der Waals surface area contributed by atoms with Gasteiger partial charge in [-0.05, 0) is 24.1 Å². The molecule has 0 saturated carbocycles. The van der Waals surface area contributed by atoms with Gasteiger partial charge in [0.05, 0.1) is 11.1 Å². The molecule has 152 valence electrons. The smallest absolute Gasteiger partial charge is 0.387 e. The van der Waals surface area contributed by atoms with Gasteiger partial charge in [-0.25, -0.2) is 0 Å². The second-order valence-corrected chi connectivity index (χ2v) is 6.92. The molecule has 0 fully saturated rings. The molecule has 0 bridgehead atoms. The maximum absolute atomic E-state index is 12.9. The number of alkyl halides is 2. The lowest BCUT2D eigenvalue weighted by atomic mass is 10.0. The van der Waals surface area contributed by atoms with Crippen molar-refractivity contribution in [3.8, 4) is 5.75 Å². The lowest BCUT2D eigenvalue weighted by molar-refractivity contribution is -0.126. The van der Waals surface area contributed by atoms with E-state index >= 15 is 0 Å². The molecule has 8 heteroatoms. The van der Waals surface area contributed by atoms with E-state index in [1.165, 1.54) is 6.07 Å². The zero-order valence-electron chi connectivity index (χ0n) is 15.9. The quantitative estimate of drug-likeness (QED) is 0.722. The Morgan fingerprint density at radius 1 is 1.00 bits per heavy atom. The number of carbonyl (C=O) groups is 3. The average Bonchev–Trinajstić information content (AvgIpc) is 2.92. The molecule has 0 aliphatic carbocycles. The number of hydrogen-bond acceptors (Lipinski definition) is 4. The minimum absolute atomic E-state index is 0.0513. The molecule has 0 aromatic heterocycles. The maximum Gasteiger partial charge on any atom is 0.387 e. The molecule has 6 nitrogen and oxygen atoms in total. The fourth-order valence-electron chi connectivity index (χ4n) is 3.33. The van der Waals surface area contributed by atoms with Crippen molar-refractivity contribution < 1.29 is 27.9 Å². The summed E-state index contributed by atoms with van der Waals surface area (Å²) in [6.07, 6.45) is 0. The van der Waals surface area contributed by atoms with Crippen LogP contribution in [0.2, 0.25) is 0 Å². The van der Waals surface area contributed by atoms with Gasteiger partial charge in [0.1, 0.15) is 11.8 Å². The summed E-state index contributed by atoms with van der Waals surface area (Å²) in [5, 5.41) is 2.63. The first kappa shape index (κ1) is 20.4. The summed E-state index contributed by atoms with van der Waals surface area (Å²) < 4.78 is 29.6. The summed E-state index contributed by atoms with van der Waals surface area (Å²) in [4.78, 5) is 39.3. The van der Waals surface area contributed by atoms with Gasteiger partial charge >= 0.3 is 6.61 Å². The molecule has 1 aliphatic rings. The summed E-state index contributed by atoms with van der Waals surface area (Å²) >= 11 is 0. The monoisotopic (exact) mass is 402 g/mol. The van der Waals surface area contributed by atoms with Crippen molar-refractivity contribution >= 4 is 17.7 Å². The lowest BCUT2D eigenvalue weighted by Crippen LogP contribution is -2.52. The van der Waals surface area contributed by atoms with Crippen LogP contribution in [0.1, 0.15) is 40.1 Å². The molecule has 0 spiro atoms. The highest BCUT2D eigenvalue weighted by Crippen LogP contribution is 2.27. The minimum atomic E-state index is -2.99. The van der Waals surface area contributed by atoms with Crippen molar-refractivity contribution in [1.82, 2.24) is 10.2 Å². The van der Waals surface area contributed by atoms with Gasteiger partial charge in [-0.15, -0.1) is 0 Å². The van der Waals surface area contributed by atoms with E-state index < -0.39 is 30.4 Å². The number of rotatable bonds is 7. The predicted molar refractivity (Wildman–Crippen MR) is 100 cm³/mol. The van der Waals surface area contributed by atoms with E-state index in [1.807, 2.05) is 0 Å². The number of nitrogens with zero attached hydrogens (tertiary/aromatic N) is 1. The average molecular weight is 402 g/mol. The Kier molecular flexibility index (Phi) is 5.91. The third kappa shape index (κ3) is 4.11. The largest absolute Gasteiger partial charge is 0.434 e. The van der Waals surface area contributed by atoms with Crippen molar-refractivity contribution in [2.75, 3.05) is 0 Å². The van der Waals surface area contributed by atoms with E-state index in [2.05, 4.69) is 10.1 Å². The number of benzene rings is 2. The summed E-state index contributed by atoms with van der Waals surface area (Å²) in [5.74, 6) is -2.02. The molecule has 1 aliphatic heterocycles. The lowest BCUT2D eigenvalue weighted by Gasteiger charge is -2.28. The summed E-state index contributed by atoms with van der Waals surface area (Å²) in [6.45, 7) is 0.367. The molecule has 1 unspecified atom stereocenters. The van der Waals surface area contributed by atoms with Crippen LogP contribution in [-0.2, 0) is 11.3 Å². The zero-order valence-corrected chi connectivity index (χ0v) is 15.9. The highest BCUT2D eigenvalue weighted by atomic mass is 19.3. The number of hydrogen-bond donors (Lipinski definition) is 1. The Morgan fingerprint density at radius 2 is 1.55 bits per heavy atom. The number of nitrogens with one attached hydrogen (secondary N) is 1. The highest BCUT2D eigenvalue weighted by Gasteiger charge is 2.43. The Labute approximate surface area is 166 Å².